The van der Waals surface area contributed by atoms with Crippen LogP contribution in [-0.4, -0.2) is 38.3 Å². The van der Waals surface area contributed by atoms with Crippen molar-refractivity contribution in [3.63, 3.8) is 0 Å². The molecule has 2 aromatic rings. The molecule has 0 amide bonds. The number of ether oxygens (including phenoxy) is 1. The third-order valence-electron chi connectivity index (χ3n) is 2.95. The van der Waals surface area contributed by atoms with Crippen molar-refractivity contribution in [1.82, 2.24) is 15.6 Å². The van der Waals surface area contributed by atoms with E-state index in [1.54, 1.807) is 7.11 Å². The minimum atomic E-state index is 0.766. The average Bonchev–Trinajstić information content (AvgIpc) is 2.81. The summed E-state index contributed by atoms with van der Waals surface area (Å²) in [7, 11) is 1.72. The van der Waals surface area contributed by atoms with Gasteiger partial charge in [-0.1, -0.05) is 18.2 Å². The summed E-state index contributed by atoms with van der Waals surface area (Å²) >= 11 is 0. The number of H-pyrrole nitrogens is 1. The molecule has 1 aromatic carbocycles. The molecule has 0 aliphatic heterocycles. The summed E-state index contributed by atoms with van der Waals surface area (Å²) < 4.78 is 4.97. The first kappa shape index (κ1) is 13.1. The first-order chi connectivity index (χ1) is 8.92. The van der Waals surface area contributed by atoms with Gasteiger partial charge in [0.1, 0.15) is 0 Å². The molecule has 3 N–H and O–H groups in total. The Morgan fingerprint density at radius 1 is 1.11 bits per heavy atom. The van der Waals surface area contributed by atoms with E-state index in [4.69, 9.17) is 4.74 Å². The van der Waals surface area contributed by atoms with Gasteiger partial charge in [0.2, 0.25) is 0 Å². The first-order valence-electron chi connectivity index (χ1n) is 6.37. The quantitative estimate of drug-likeness (QED) is 0.620. The number of aromatic nitrogens is 1. The number of benzene rings is 1. The van der Waals surface area contributed by atoms with E-state index < -0.39 is 0 Å². The lowest BCUT2D eigenvalue weighted by Gasteiger charge is -2.05. The molecule has 0 saturated carbocycles. The zero-order valence-corrected chi connectivity index (χ0v) is 10.8. The largest absolute Gasteiger partial charge is 0.383 e. The van der Waals surface area contributed by atoms with Crippen molar-refractivity contribution in [2.24, 2.45) is 0 Å². The first-order valence-corrected chi connectivity index (χ1v) is 6.37. The zero-order chi connectivity index (χ0) is 12.6. The maximum absolute atomic E-state index is 4.97. The zero-order valence-electron chi connectivity index (χ0n) is 10.8. The van der Waals surface area contributed by atoms with Gasteiger partial charge in [0, 0.05) is 50.4 Å². The van der Waals surface area contributed by atoms with Crippen LogP contribution in [0.3, 0.4) is 0 Å². The number of hydrogen-bond acceptors (Lipinski definition) is 3. The van der Waals surface area contributed by atoms with Gasteiger partial charge < -0.3 is 20.4 Å². The molecule has 1 heterocycles. The fourth-order valence-corrected chi connectivity index (χ4v) is 1.98. The van der Waals surface area contributed by atoms with E-state index in [2.05, 4.69) is 46.1 Å². The van der Waals surface area contributed by atoms with Crippen LogP contribution < -0.4 is 10.6 Å². The Balaban J connectivity index is 1.70. The average molecular weight is 247 g/mol. The third kappa shape index (κ3) is 3.57. The molecule has 2 rings (SSSR count). The number of para-hydroxylation sites is 1. The lowest BCUT2D eigenvalue weighted by molar-refractivity contribution is 0.199. The Labute approximate surface area is 108 Å². The van der Waals surface area contributed by atoms with Crippen LogP contribution in [0, 0.1) is 0 Å². The molecule has 0 unspecified atom stereocenters. The molecule has 0 fully saturated rings. The Bertz CT molecular complexity index is 467. The number of fused-ring (bicyclic) bond motifs is 1. The Morgan fingerprint density at radius 3 is 2.83 bits per heavy atom. The molecule has 0 saturated heterocycles. The maximum Gasteiger partial charge on any atom is 0.0587 e. The number of hydrogen-bond donors (Lipinski definition) is 3. The molecule has 0 radical (unpaired) electrons. The van der Waals surface area contributed by atoms with E-state index >= 15 is 0 Å². The second kappa shape index (κ2) is 7.16. The van der Waals surface area contributed by atoms with Crippen molar-refractivity contribution in [3.8, 4) is 0 Å². The molecule has 0 bridgehead atoms. The minimum absolute atomic E-state index is 0.766. The Morgan fingerprint density at radius 2 is 1.94 bits per heavy atom. The lowest BCUT2D eigenvalue weighted by atomic mass is 10.2. The van der Waals surface area contributed by atoms with E-state index in [1.165, 1.54) is 16.5 Å². The van der Waals surface area contributed by atoms with Crippen LogP contribution in [0.25, 0.3) is 10.9 Å². The molecule has 1 aromatic heterocycles. The van der Waals surface area contributed by atoms with Gasteiger partial charge in [-0.05, 0) is 11.6 Å². The fraction of sp³-hybridized carbons (Fsp3) is 0.429. The van der Waals surface area contributed by atoms with Crippen molar-refractivity contribution in [2.75, 3.05) is 33.4 Å². The van der Waals surface area contributed by atoms with E-state index in [-0.39, 0.29) is 0 Å². The van der Waals surface area contributed by atoms with Crippen LogP contribution in [0.1, 0.15) is 5.56 Å². The maximum atomic E-state index is 4.97. The third-order valence-corrected chi connectivity index (χ3v) is 2.95. The van der Waals surface area contributed by atoms with Crippen molar-refractivity contribution in [2.45, 2.75) is 6.54 Å². The molecule has 18 heavy (non-hydrogen) atoms. The van der Waals surface area contributed by atoms with Gasteiger partial charge in [-0.15, -0.1) is 0 Å². The molecule has 0 aliphatic carbocycles. The highest BCUT2D eigenvalue weighted by Gasteiger charge is 2.01. The summed E-state index contributed by atoms with van der Waals surface area (Å²) in [5, 5.41) is 8.04. The normalized spacial score (nSPS) is 11.2. The number of methoxy groups -OCH3 is 1. The van der Waals surface area contributed by atoms with E-state index in [1.807, 2.05) is 0 Å². The second-order valence-electron chi connectivity index (χ2n) is 4.28. The second-order valence-corrected chi connectivity index (χ2v) is 4.28. The lowest BCUT2D eigenvalue weighted by Crippen LogP contribution is -2.29. The Hall–Kier alpha value is -1.36. The molecular formula is C14H21N3O. The molecular weight excluding hydrogens is 226 g/mol. The van der Waals surface area contributed by atoms with E-state index in [0.29, 0.717) is 0 Å². The number of nitrogens with one attached hydrogen (secondary N) is 3. The molecule has 0 spiro atoms. The fourth-order valence-electron chi connectivity index (χ4n) is 1.98. The number of aromatic amines is 1. The van der Waals surface area contributed by atoms with Gasteiger partial charge in [0.15, 0.2) is 0 Å². The van der Waals surface area contributed by atoms with Gasteiger partial charge in [-0.3, -0.25) is 0 Å². The summed E-state index contributed by atoms with van der Waals surface area (Å²) in [5.74, 6) is 0. The Kier molecular flexibility index (Phi) is 5.20. The van der Waals surface area contributed by atoms with Crippen LogP contribution >= 0.6 is 0 Å². The SMILES string of the molecule is COCCNCCNCc1c[nH]c2ccccc12. The van der Waals surface area contributed by atoms with Crippen molar-refractivity contribution < 1.29 is 4.74 Å². The van der Waals surface area contributed by atoms with Gasteiger partial charge in [0.25, 0.3) is 0 Å². The van der Waals surface area contributed by atoms with Crippen LogP contribution in [-0.2, 0) is 11.3 Å². The van der Waals surface area contributed by atoms with Crippen LogP contribution in [0.4, 0.5) is 0 Å². The highest BCUT2D eigenvalue weighted by atomic mass is 16.5. The van der Waals surface area contributed by atoms with E-state index in [9.17, 15) is 0 Å². The molecule has 4 heteroatoms. The summed E-state index contributed by atoms with van der Waals surface area (Å²) in [5.41, 5.74) is 2.52. The molecule has 98 valence electrons. The van der Waals surface area contributed by atoms with Crippen molar-refractivity contribution in [1.29, 1.82) is 0 Å². The van der Waals surface area contributed by atoms with Crippen LogP contribution in [0.15, 0.2) is 30.5 Å². The van der Waals surface area contributed by atoms with Crippen molar-refractivity contribution in [3.05, 3.63) is 36.0 Å². The molecule has 4 nitrogen and oxygen atoms in total. The van der Waals surface area contributed by atoms with Crippen molar-refractivity contribution >= 4 is 10.9 Å². The standard InChI is InChI=1S/C14H21N3O/c1-18-9-8-15-6-7-16-10-12-11-17-14-5-3-2-4-13(12)14/h2-5,11,15-17H,6-10H2,1H3. The van der Waals surface area contributed by atoms with E-state index in [0.717, 1.165) is 32.8 Å². The van der Waals surface area contributed by atoms with Gasteiger partial charge >= 0.3 is 0 Å². The van der Waals surface area contributed by atoms with Gasteiger partial charge in [-0.2, -0.15) is 0 Å². The minimum Gasteiger partial charge on any atom is -0.383 e. The topological polar surface area (TPSA) is 49.1 Å². The smallest absolute Gasteiger partial charge is 0.0587 e. The number of rotatable bonds is 8. The summed E-state index contributed by atoms with van der Waals surface area (Å²) in [6.45, 7) is 4.50. The van der Waals surface area contributed by atoms with Gasteiger partial charge in [0.05, 0.1) is 6.61 Å². The van der Waals surface area contributed by atoms with Crippen LogP contribution in [0.5, 0.6) is 0 Å². The predicted molar refractivity (Wildman–Crippen MR) is 74.8 cm³/mol. The summed E-state index contributed by atoms with van der Waals surface area (Å²) in [4.78, 5) is 3.28. The summed E-state index contributed by atoms with van der Waals surface area (Å²) in [6.07, 6.45) is 2.08. The molecule has 0 aliphatic rings. The predicted octanol–water partition coefficient (Wildman–Crippen LogP) is 1.49. The highest BCUT2D eigenvalue weighted by Crippen LogP contribution is 2.16. The monoisotopic (exact) mass is 247 g/mol. The molecule has 0 atom stereocenters. The van der Waals surface area contributed by atoms with Crippen LogP contribution in [0.2, 0.25) is 0 Å². The highest BCUT2D eigenvalue weighted by molar-refractivity contribution is 5.82. The van der Waals surface area contributed by atoms with Gasteiger partial charge in [-0.25, -0.2) is 0 Å². The summed E-state index contributed by atoms with van der Waals surface area (Å²) in [6, 6.07) is 8.38.